The number of nitro groups is 1. The first kappa shape index (κ1) is 18.4. The van der Waals surface area contributed by atoms with Gasteiger partial charge in [0, 0.05) is 17.7 Å². The number of aromatic nitrogens is 2. The van der Waals surface area contributed by atoms with Crippen LogP contribution in [0.4, 0.5) is 5.69 Å². The molecule has 0 saturated heterocycles. The van der Waals surface area contributed by atoms with Crippen LogP contribution in [-0.4, -0.2) is 20.3 Å². The van der Waals surface area contributed by atoms with E-state index in [1.54, 1.807) is 0 Å². The maximum Gasteiger partial charge on any atom is 0.271 e. The molecule has 7 heteroatoms. The standard InChI is InChI=1S/C20H19N3O4/c1-11-7-12(2)19(14(4)24)13(3)17(11)9-22-10-21-18-8-15(23(26)27)5-6-16(18)20(22)25/h5-8,10H,9H2,1-4H3. The van der Waals surface area contributed by atoms with E-state index in [9.17, 15) is 19.7 Å². The van der Waals surface area contributed by atoms with Gasteiger partial charge in [-0.3, -0.25) is 24.3 Å². The number of rotatable bonds is 4. The van der Waals surface area contributed by atoms with Gasteiger partial charge in [0.1, 0.15) is 0 Å². The zero-order valence-corrected chi connectivity index (χ0v) is 15.6. The van der Waals surface area contributed by atoms with E-state index in [1.165, 1.54) is 36.0 Å². The van der Waals surface area contributed by atoms with Crippen LogP contribution in [0.2, 0.25) is 0 Å². The zero-order chi connectivity index (χ0) is 19.9. The second-order valence-electron chi connectivity index (χ2n) is 6.68. The molecule has 0 unspecified atom stereocenters. The lowest BCUT2D eigenvalue weighted by atomic mass is 9.91. The minimum absolute atomic E-state index is 0.0115. The number of ketones is 1. The van der Waals surface area contributed by atoms with E-state index in [0.29, 0.717) is 10.9 Å². The normalized spacial score (nSPS) is 11.0. The third-order valence-electron chi connectivity index (χ3n) is 4.83. The van der Waals surface area contributed by atoms with E-state index in [2.05, 4.69) is 4.98 Å². The molecule has 0 spiro atoms. The van der Waals surface area contributed by atoms with Crippen LogP contribution in [0.1, 0.15) is 39.5 Å². The van der Waals surface area contributed by atoms with Crippen molar-refractivity contribution < 1.29 is 9.72 Å². The topological polar surface area (TPSA) is 95.1 Å². The number of aryl methyl sites for hydroxylation is 2. The largest absolute Gasteiger partial charge is 0.294 e. The Bertz CT molecular complexity index is 1160. The Labute approximate surface area is 155 Å². The first-order chi connectivity index (χ1) is 12.7. The lowest BCUT2D eigenvalue weighted by Crippen LogP contribution is -2.22. The number of hydrogen-bond donors (Lipinski definition) is 0. The molecule has 2 aromatic carbocycles. The van der Waals surface area contributed by atoms with E-state index in [4.69, 9.17) is 0 Å². The van der Waals surface area contributed by atoms with Crippen LogP contribution in [0.3, 0.4) is 0 Å². The Hall–Kier alpha value is -3.35. The number of fused-ring (bicyclic) bond motifs is 1. The highest BCUT2D eigenvalue weighted by Crippen LogP contribution is 2.24. The minimum Gasteiger partial charge on any atom is -0.294 e. The lowest BCUT2D eigenvalue weighted by molar-refractivity contribution is -0.384. The number of carbonyl (C=O) groups is 1. The average Bonchev–Trinajstić information content (AvgIpc) is 2.59. The van der Waals surface area contributed by atoms with Crippen molar-refractivity contribution in [2.24, 2.45) is 0 Å². The molecular formula is C20H19N3O4. The smallest absolute Gasteiger partial charge is 0.271 e. The van der Waals surface area contributed by atoms with Gasteiger partial charge in [-0.25, -0.2) is 4.98 Å². The quantitative estimate of drug-likeness (QED) is 0.401. The third kappa shape index (κ3) is 3.23. The summed E-state index contributed by atoms with van der Waals surface area (Å²) in [6.07, 6.45) is 1.39. The molecule has 138 valence electrons. The van der Waals surface area contributed by atoms with Crippen LogP contribution in [0.5, 0.6) is 0 Å². The predicted octanol–water partition coefficient (Wildman–Crippen LogP) is 3.48. The molecule has 0 amide bonds. The highest BCUT2D eigenvalue weighted by atomic mass is 16.6. The summed E-state index contributed by atoms with van der Waals surface area (Å²) in [5, 5.41) is 11.2. The van der Waals surface area contributed by atoms with Gasteiger partial charge in [0.05, 0.1) is 28.7 Å². The van der Waals surface area contributed by atoms with E-state index < -0.39 is 4.92 Å². The van der Waals surface area contributed by atoms with Crippen molar-refractivity contribution in [3.8, 4) is 0 Å². The Kier molecular flexibility index (Phi) is 4.61. The van der Waals surface area contributed by atoms with Crippen LogP contribution in [0.25, 0.3) is 10.9 Å². The molecule has 0 fully saturated rings. The van der Waals surface area contributed by atoms with Crippen molar-refractivity contribution in [2.75, 3.05) is 0 Å². The van der Waals surface area contributed by atoms with E-state index in [-0.39, 0.29) is 29.1 Å². The first-order valence-corrected chi connectivity index (χ1v) is 8.45. The van der Waals surface area contributed by atoms with Crippen molar-refractivity contribution >= 4 is 22.4 Å². The number of carbonyl (C=O) groups excluding carboxylic acids is 1. The molecular weight excluding hydrogens is 346 g/mol. The van der Waals surface area contributed by atoms with Gasteiger partial charge in [0.2, 0.25) is 0 Å². The monoisotopic (exact) mass is 365 g/mol. The summed E-state index contributed by atoms with van der Waals surface area (Å²) >= 11 is 0. The molecule has 1 aromatic heterocycles. The van der Waals surface area contributed by atoms with Gasteiger partial charge in [-0.2, -0.15) is 0 Å². The van der Waals surface area contributed by atoms with E-state index >= 15 is 0 Å². The number of benzene rings is 2. The molecule has 0 saturated carbocycles. The lowest BCUT2D eigenvalue weighted by Gasteiger charge is -2.17. The van der Waals surface area contributed by atoms with Crippen molar-refractivity contribution in [2.45, 2.75) is 34.2 Å². The van der Waals surface area contributed by atoms with Crippen molar-refractivity contribution in [3.63, 3.8) is 0 Å². The van der Waals surface area contributed by atoms with Crippen LogP contribution in [0.15, 0.2) is 35.4 Å². The number of nitro benzene ring substituents is 1. The van der Waals surface area contributed by atoms with Gasteiger partial charge < -0.3 is 0 Å². The molecule has 0 aliphatic heterocycles. The minimum atomic E-state index is -0.519. The Morgan fingerprint density at radius 3 is 2.52 bits per heavy atom. The maximum atomic E-state index is 12.8. The number of non-ortho nitro benzene ring substituents is 1. The van der Waals surface area contributed by atoms with Gasteiger partial charge in [-0.05, 0) is 56.0 Å². The number of Topliss-reactive ketones (excluding diaryl/α,β-unsaturated/α-hetero) is 1. The third-order valence-corrected chi connectivity index (χ3v) is 4.83. The number of hydrogen-bond acceptors (Lipinski definition) is 5. The van der Waals surface area contributed by atoms with Gasteiger partial charge in [-0.1, -0.05) is 6.07 Å². The predicted molar refractivity (Wildman–Crippen MR) is 102 cm³/mol. The number of nitrogens with zero attached hydrogens (tertiary/aromatic N) is 3. The molecule has 0 N–H and O–H groups in total. The second kappa shape index (κ2) is 6.75. The van der Waals surface area contributed by atoms with Crippen LogP contribution in [-0.2, 0) is 6.54 Å². The molecule has 0 aliphatic carbocycles. The highest BCUT2D eigenvalue weighted by Gasteiger charge is 2.16. The highest BCUT2D eigenvalue weighted by molar-refractivity contribution is 5.97. The molecule has 0 atom stereocenters. The van der Waals surface area contributed by atoms with Gasteiger partial charge in [0.25, 0.3) is 11.2 Å². The van der Waals surface area contributed by atoms with Crippen molar-refractivity contribution in [1.29, 1.82) is 0 Å². The maximum absolute atomic E-state index is 12.8. The van der Waals surface area contributed by atoms with E-state index in [0.717, 1.165) is 22.3 Å². The summed E-state index contributed by atoms with van der Waals surface area (Å²) in [5.74, 6) is -0.0115. The van der Waals surface area contributed by atoms with Crippen LogP contribution < -0.4 is 5.56 Å². The summed E-state index contributed by atoms with van der Waals surface area (Å²) < 4.78 is 1.46. The molecule has 7 nitrogen and oxygen atoms in total. The van der Waals surface area contributed by atoms with E-state index in [1.807, 2.05) is 26.8 Å². The fraction of sp³-hybridized carbons (Fsp3) is 0.250. The molecule has 27 heavy (non-hydrogen) atoms. The summed E-state index contributed by atoms with van der Waals surface area (Å²) in [6, 6.07) is 5.96. The Balaban J connectivity index is 2.13. The molecule has 3 rings (SSSR count). The Morgan fingerprint density at radius 1 is 1.19 bits per heavy atom. The first-order valence-electron chi connectivity index (χ1n) is 8.45. The summed E-state index contributed by atoms with van der Waals surface area (Å²) in [7, 11) is 0. The fourth-order valence-corrected chi connectivity index (χ4v) is 3.55. The molecule has 1 heterocycles. The molecule has 0 aliphatic rings. The second-order valence-corrected chi connectivity index (χ2v) is 6.68. The zero-order valence-electron chi connectivity index (χ0n) is 15.6. The molecule has 0 bridgehead atoms. The van der Waals surface area contributed by atoms with Gasteiger partial charge in [0.15, 0.2) is 5.78 Å². The van der Waals surface area contributed by atoms with Gasteiger partial charge in [-0.15, -0.1) is 0 Å². The summed E-state index contributed by atoms with van der Waals surface area (Å²) in [6.45, 7) is 7.54. The fourth-order valence-electron chi connectivity index (χ4n) is 3.55. The Morgan fingerprint density at radius 2 is 1.89 bits per heavy atom. The summed E-state index contributed by atoms with van der Waals surface area (Å²) in [4.78, 5) is 39.4. The van der Waals surface area contributed by atoms with Crippen LogP contribution in [0, 0.1) is 30.9 Å². The molecule has 3 aromatic rings. The van der Waals surface area contributed by atoms with Gasteiger partial charge >= 0.3 is 0 Å². The SMILES string of the molecule is CC(=O)c1c(C)cc(C)c(Cn2cnc3cc([N+](=O)[O-])ccc3c2=O)c1C. The molecule has 0 radical (unpaired) electrons. The van der Waals surface area contributed by atoms with Crippen molar-refractivity contribution in [1.82, 2.24) is 9.55 Å². The van der Waals surface area contributed by atoms with Crippen LogP contribution >= 0.6 is 0 Å². The summed E-state index contributed by atoms with van der Waals surface area (Å²) in [5.41, 5.74) is 4.23. The average molecular weight is 365 g/mol. The van der Waals surface area contributed by atoms with Crippen molar-refractivity contribution in [3.05, 3.63) is 78.9 Å².